The van der Waals surface area contributed by atoms with Crippen molar-refractivity contribution in [3.63, 3.8) is 0 Å². The molecule has 1 aliphatic heterocycles. The summed E-state index contributed by atoms with van der Waals surface area (Å²) >= 11 is 0. The van der Waals surface area contributed by atoms with Gasteiger partial charge in [-0.05, 0) is 72.0 Å². The highest BCUT2D eigenvalue weighted by atomic mass is 32.2. The van der Waals surface area contributed by atoms with Gasteiger partial charge in [-0.15, -0.1) is 0 Å². The van der Waals surface area contributed by atoms with E-state index in [1.54, 1.807) is 24.3 Å². The lowest BCUT2D eigenvalue weighted by Gasteiger charge is -2.15. The molecule has 0 bridgehead atoms. The Morgan fingerprint density at radius 2 is 1.63 bits per heavy atom. The lowest BCUT2D eigenvalue weighted by atomic mass is 9.95. The number of amides is 1. The van der Waals surface area contributed by atoms with Gasteiger partial charge < -0.3 is 4.74 Å². The van der Waals surface area contributed by atoms with Crippen LogP contribution in [0.5, 0.6) is 5.75 Å². The third-order valence-electron chi connectivity index (χ3n) is 5.05. The molecule has 3 aromatic carbocycles. The number of carbonyl (C=O) groups is 1. The van der Waals surface area contributed by atoms with Gasteiger partial charge in [-0.25, -0.2) is 9.03 Å². The normalized spacial score (nSPS) is 15.1. The Morgan fingerprint density at radius 3 is 2.27 bits per heavy atom. The summed E-state index contributed by atoms with van der Waals surface area (Å²) in [5.41, 5.74) is 6.30. The number of benzene rings is 3. The number of hydrogen-bond acceptors (Lipinski definition) is 4. The van der Waals surface area contributed by atoms with Crippen LogP contribution in [0.2, 0.25) is 0 Å². The lowest BCUT2D eigenvalue weighted by molar-refractivity contribution is -0.117. The van der Waals surface area contributed by atoms with Gasteiger partial charge in [0.1, 0.15) is 18.9 Å². The van der Waals surface area contributed by atoms with Gasteiger partial charge in [0.25, 0.3) is 5.91 Å². The van der Waals surface area contributed by atoms with Crippen molar-refractivity contribution < 1.29 is 17.9 Å². The van der Waals surface area contributed by atoms with Crippen molar-refractivity contribution in [3.8, 4) is 16.9 Å². The average Bonchev–Trinajstić information content (AvgIpc) is 2.99. The number of aryl methyl sites for hydroxylation is 2. The lowest BCUT2D eigenvalue weighted by Crippen LogP contribution is -2.29. The van der Waals surface area contributed by atoms with Crippen LogP contribution in [0.25, 0.3) is 11.1 Å². The van der Waals surface area contributed by atoms with Crippen molar-refractivity contribution in [2.75, 3.05) is 10.8 Å². The molecule has 1 saturated heterocycles. The van der Waals surface area contributed by atoms with Gasteiger partial charge in [0.15, 0.2) is 0 Å². The number of ether oxygens (including phenoxy) is 1. The number of hydrogen-bond donors (Lipinski definition) is 1. The molecule has 0 spiro atoms. The molecular formula is C23H22N2O4S. The highest BCUT2D eigenvalue weighted by molar-refractivity contribution is 7.92. The second kappa shape index (κ2) is 7.84. The zero-order chi connectivity index (χ0) is 21.3. The van der Waals surface area contributed by atoms with Crippen molar-refractivity contribution in [3.05, 3.63) is 83.4 Å². The van der Waals surface area contributed by atoms with E-state index in [0.717, 1.165) is 15.4 Å². The summed E-state index contributed by atoms with van der Waals surface area (Å²) in [5, 5.41) is 0. The second-order valence-corrected chi connectivity index (χ2v) is 8.88. The van der Waals surface area contributed by atoms with E-state index in [9.17, 15) is 13.2 Å². The Balaban J connectivity index is 1.47. The largest absolute Gasteiger partial charge is 0.489 e. The standard InChI is InChI=1S/C23H22N2O4S/c1-16-5-3-6-17(2)23(16)19-8-4-7-18(13-19)15-29-21-11-9-20(10-12-21)25-14-22(26)24-30(25,27)28/h3-13H,14-15H2,1-2H3,(H,24,26). The molecule has 0 unspecified atom stereocenters. The van der Waals surface area contributed by atoms with E-state index in [4.69, 9.17) is 4.74 Å². The van der Waals surface area contributed by atoms with Gasteiger partial charge in [0.05, 0.1) is 5.69 Å². The quantitative estimate of drug-likeness (QED) is 0.680. The number of nitrogens with zero attached hydrogens (tertiary/aromatic N) is 1. The first-order valence-corrected chi connectivity index (χ1v) is 11.0. The fourth-order valence-electron chi connectivity index (χ4n) is 3.64. The average molecular weight is 423 g/mol. The Morgan fingerprint density at radius 1 is 0.967 bits per heavy atom. The van der Waals surface area contributed by atoms with Gasteiger partial charge in [-0.2, -0.15) is 8.42 Å². The Bertz CT molecular complexity index is 1180. The van der Waals surface area contributed by atoms with Gasteiger partial charge in [0, 0.05) is 0 Å². The molecule has 0 aromatic heterocycles. The fourth-order valence-corrected chi connectivity index (χ4v) is 4.79. The minimum absolute atomic E-state index is 0.215. The molecule has 154 valence electrons. The summed E-state index contributed by atoms with van der Waals surface area (Å²) in [6, 6.07) is 21.2. The van der Waals surface area contributed by atoms with Crippen LogP contribution in [0.4, 0.5) is 5.69 Å². The topological polar surface area (TPSA) is 75.7 Å². The zero-order valence-electron chi connectivity index (χ0n) is 16.8. The van der Waals surface area contributed by atoms with Gasteiger partial charge in [-0.3, -0.25) is 4.79 Å². The molecule has 1 heterocycles. The van der Waals surface area contributed by atoms with Crippen LogP contribution < -0.4 is 13.8 Å². The summed E-state index contributed by atoms with van der Waals surface area (Å²) in [6.07, 6.45) is 0. The van der Waals surface area contributed by atoms with E-state index in [1.807, 2.05) is 16.9 Å². The molecule has 0 atom stereocenters. The third kappa shape index (κ3) is 4.02. The van der Waals surface area contributed by atoms with Crippen LogP contribution in [0.3, 0.4) is 0 Å². The first kappa shape index (κ1) is 20.0. The van der Waals surface area contributed by atoms with Crippen molar-refractivity contribution in [2.45, 2.75) is 20.5 Å². The molecule has 1 aliphatic rings. The molecule has 1 amide bonds. The zero-order valence-corrected chi connectivity index (χ0v) is 17.6. The third-order valence-corrected chi connectivity index (χ3v) is 6.45. The molecule has 7 heteroatoms. The predicted octanol–water partition coefficient (Wildman–Crippen LogP) is 3.73. The van der Waals surface area contributed by atoms with Crippen LogP contribution in [-0.2, 0) is 21.6 Å². The van der Waals surface area contributed by atoms with Crippen molar-refractivity contribution in [1.82, 2.24) is 4.72 Å². The Hall–Kier alpha value is -3.32. The van der Waals surface area contributed by atoms with Gasteiger partial charge >= 0.3 is 10.2 Å². The monoisotopic (exact) mass is 422 g/mol. The minimum atomic E-state index is -3.80. The summed E-state index contributed by atoms with van der Waals surface area (Å²) in [5.74, 6) is 0.0752. The molecule has 4 rings (SSSR count). The number of nitrogens with one attached hydrogen (secondary N) is 1. The predicted molar refractivity (Wildman–Crippen MR) is 117 cm³/mol. The van der Waals surface area contributed by atoms with Crippen LogP contribution in [0.1, 0.15) is 16.7 Å². The summed E-state index contributed by atoms with van der Waals surface area (Å²) in [4.78, 5) is 11.4. The first-order chi connectivity index (χ1) is 14.3. The highest BCUT2D eigenvalue weighted by Crippen LogP contribution is 2.28. The van der Waals surface area contributed by atoms with E-state index in [-0.39, 0.29) is 6.54 Å². The molecule has 0 aliphatic carbocycles. The van der Waals surface area contributed by atoms with Gasteiger partial charge in [0.2, 0.25) is 0 Å². The number of rotatable bonds is 5. The molecular weight excluding hydrogens is 400 g/mol. The Kier molecular flexibility index (Phi) is 5.22. The molecule has 30 heavy (non-hydrogen) atoms. The van der Waals surface area contributed by atoms with Gasteiger partial charge in [-0.1, -0.05) is 36.4 Å². The maximum absolute atomic E-state index is 11.9. The van der Waals surface area contributed by atoms with Crippen LogP contribution in [0, 0.1) is 13.8 Å². The SMILES string of the molecule is Cc1cccc(C)c1-c1cccc(COc2ccc(N3CC(=O)NS3(=O)=O)cc2)c1. The molecule has 3 aromatic rings. The maximum atomic E-state index is 11.9. The van der Waals surface area contributed by atoms with E-state index >= 15 is 0 Å². The molecule has 6 nitrogen and oxygen atoms in total. The smallest absolute Gasteiger partial charge is 0.326 e. The van der Waals surface area contributed by atoms with E-state index in [0.29, 0.717) is 18.0 Å². The van der Waals surface area contributed by atoms with Crippen molar-refractivity contribution >= 4 is 21.8 Å². The van der Waals surface area contributed by atoms with Crippen molar-refractivity contribution in [1.29, 1.82) is 0 Å². The maximum Gasteiger partial charge on any atom is 0.326 e. The van der Waals surface area contributed by atoms with Crippen molar-refractivity contribution in [2.24, 2.45) is 0 Å². The fraction of sp³-hybridized carbons (Fsp3) is 0.174. The first-order valence-electron chi connectivity index (χ1n) is 9.55. The number of anilines is 1. The van der Waals surface area contributed by atoms with E-state index in [2.05, 4.69) is 44.2 Å². The van der Waals surface area contributed by atoms with Crippen LogP contribution in [0.15, 0.2) is 66.7 Å². The van der Waals surface area contributed by atoms with E-state index in [1.165, 1.54) is 16.7 Å². The molecule has 0 saturated carbocycles. The summed E-state index contributed by atoms with van der Waals surface area (Å²) in [6.45, 7) is 4.39. The Labute approximate surface area is 176 Å². The molecule has 1 N–H and O–H groups in total. The van der Waals surface area contributed by atoms with E-state index < -0.39 is 16.1 Å². The molecule has 0 radical (unpaired) electrons. The molecule has 1 fully saturated rings. The summed E-state index contributed by atoms with van der Waals surface area (Å²) < 4.78 is 32.7. The number of carbonyl (C=O) groups excluding carboxylic acids is 1. The van der Waals surface area contributed by atoms with Crippen LogP contribution >= 0.6 is 0 Å². The summed E-state index contributed by atoms with van der Waals surface area (Å²) in [7, 11) is -3.80. The highest BCUT2D eigenvalue weighted by Gasteiger charge is 2.33. The van der Waals surface area contributed by atoms with Crippen LogP contribution in [-0.4, -0.2) is 20.9 Å². The second-order valence-electron chi connectivity index (χ2n) is 7.29. The minimum Gasteiger partial charge on any atom is -0.489 e.